The van der Waals surface area contributed by atoms with Crippen molar-refractivity contribution in [1.29, 1.82) is 0 Å². The van der Waals surface area contributed by atoms with Gasteiger partial charge >= 0.3 is 0 Å². The molecule has 0 radical (unpaired) electrons. The second-order valence-electron chi connectivity index (χ2n) is 10.7. The molecule has 0 saturated carbocycles. The van der Waals surface area contributed by atoms with Crippen LogP contribution in [-0.2, 0) is 26.6 Å². The summed E-state index contributed by atoms with van der Waals surface area (Å²) in [4.78, 5) is 2.52. The zero-order valence-electron chi connectivity index (χ0n) is 25.1. The van der Waals surface area contributed by atoms with Gasteiger partial charge in [0.25, 0.3) is 0 Å². The minimum absolute atomic E-state index is 0.00679. The summed E-state index contributed by atoms with van der Waals surface area (Å²) in [7, 11) is -4.87. The van der Waals surface area contributed by atoms with Crippen LogP contribution in [0.1, 0.15) is 24.0 Å². The molecule has 1 aliphatic heterocycles. The van der Waals surface area contributed by atoms with Crippen molar-refractivity contribution < 1.29 is 26.3 Å². The fourth-order valence-electron chi connectivity index (χ4n) is 5.16. The summed E-state index contributed by atoms with van der Waals surface area (Å²) in [5.41, 5.74) is 2.59. The maximum absolute atomic E-state index is 14.0. The number of ether oxygens (including phenoxy) is 2. The van der Waals surface area contributed by atoms with Crippen LogP contribution in [0.25, 0.3) is 0 Å². The first-order chi connectivity index (χ1) is 20.5. The van der Waals surface area contributed by atoms with Gasteiger partial charge in [-0.2, -0.15) is 8.61 Å². The van der Waals surface area contributed by atoms with Crippen LogP contribution in [0.5, 0.6) is 11.5 Å². The summed E-state index contributed by atoms with van der Waals surface area (Å²) < 4.78 is 68.9. The standard InChI is InChI=1S/C32H41N3O6S2/c1-26-12-14-29(15-13-26)42(36,37)34-20-8-18-33(25-28-10-6-5-7-11-28)19-9-21-35(24-27(2)23-34)43(38,39)30-16-17-31(40-3)32(22-30)41-4/h5-7,10-17,22H,2,8-9,18-21,23-25H2,1,3-4H3. The molecule has 43 heavy (non-hydrogen) atoms. The first-order valence-corrected chi connectivity index (χ1v) is 17.1. The van der Waals surface area contributed by atoms with Gasteiger partial charge in [-0.1, -0.05) is 54.6 Å². The number of benzene rings is 3. The first-order valence-electron chi connectivity index (χ1n) is 14.3. The fourth-order valence-corrected chi connectivity index (χ4v) is 8.17. The molecule has 1 fully saturated rings. The quantitative estimate of drug-likeness (QED) is 0.338. The monoisotopic (exact) mass is 627 g/mol. The average molecular weight is 628 g/mol. The molecule has 0 aromatic heterocycles. The number of rotatable bonds is 8. The lowest BCUT2D eigenvalue weighted by Crippen LogP contribution is -2.41. The van der Waals surface area contributed by atoms with Gasteiger partial charge < -0.3 is 9.47 Å². The molecular weight excluding hydrogens is 587 g/mol. The molecule has 11 heteroatoms. The van der Waals surface area contributed by atoms with Crippen LogP contribution in [0.3, 0.4) is 0 Å². The van der Waals surface area contributed by atoms with Gasteiger partial charge in [0.2, 0.25) is 20.0 Å². The molecule has 0 amide bonds. The lowest BCUT2D eigenvalue weighted by atomic mass is 10.2. The Balaban J connectivity index is 1.66. The molecule has 1 heterocycles. The van der Waals surface area contributed by atoms with E-state index in [1.165, 1.54) is 35.0 Å². The summed E-state index contributed by atoms with van der Waals surface area (Å²) in [5.74, 6) is 0.731. The summed E-state index contributed by atoms with van der Waals surface area (Å²) in [5, 5.41) is 0. The maximum Gasteiger partial charge on any atom is 0.243 e. The van der Waals surface area contributed by atoms with Gasteiger partial charge in [0, 0.05) is 38.8 Å². The molecule has 0 atom stereocenters. The van der Waals surface area contributed by atoms with E-state index >= 15 is 0 Å². The maximum atomic E-state index is 14.0. The van der Waals surface area contributed by atoms with Crippen LogP contribution < -0.4 is 9.47 Å². The van der Waals surface area contributed by atoms with Gasteiger partial charge in [0.1, 0.15) is 0 Å². The van der Waals surface area contributed by atoms with E-state index < -0.39 is 20.0 Å². The van der Waals surface area contributed by atoms with E-state index in [1.807, 2.05) is 25.1 Å². The zero-order valence-corrected chi connectivity index (χ0v) is 26.7. The Hall–Kier alpha value is -3.22. The van der Waals surface area contributed by atoms with Crippen LogP contribution in [-0.4, -0.2) is 83.8 Å². The minimum Gasteiger partial charge on any atom is -0.493 e. The second-order valence-corrected chi connectivity index (χ2v) is 14.6. The number of hydrogen-bond donors (Lipinski definition) is 0. The van der Waals surface area contributed by atoms with Crippen molar-refractivity contribution in [3.8, 4) is 11.5 Å². The number of nitrogens with zero attached hydrogens (tertiary/aromatic N) is 3. The van der Waals surface area contributed by atoms with E-state index in [4.69, 9.17) is 9.47 Å². The van der Waals surface area contributed by atoms with Crippen LogP contribution in [0.15, 0.2) is 94.7 Å². The molecule has 0 bridgehead atoms. The molecule has 1 saturated heterocycles. The molecule has 232 valence electrons. The van der Waals surface area contributed by atoms with Gasteiger partial charge in [-0.15, -0.1) is 0 Å². The van der Waals surface area contributed by atoms with Crippen molar-refractivity contribution in [2.24, 2.45) is 0 Å². The highest BCUT2D eigenvalue weighted by Crippen LogP contribution is 2.31. The lowest BCUT2D eigenvalue weighted by molar-refractivity contribution is 0.238. The van der Waals surface area contributed by atoms with Crippen molar-refractivity contribution in [2.45, 2.75) is 36.1 Å². The number of sulfonamides is 2. The third kappa shape index (κ3) is 8.24. The van der Waals surface area contributed by atoms with Gasteiger partial charge in [-0.25, -0.2) is 16.8 Å². The number of aryl methyl sites for hydroxylation is 1. The Morgan fingerprint density at radius 3 is 1.79 bits per heavy atom. The van der Waals surface area contributed by atoms with Gasteiger partial charge in [0.15, 0.2) is 11.5 Å². The molecule has 3 aromatic rings. The molecular formula is C32H41N3O6S2. The van der Waals surface area contributed by atoms with Crippen LogP contribution in [0.2, 0.25) is 0 Å². The predicted octanol–water partition coefficient (Wildman–Crippen LogP) is 4.55. The van der Waals surface area contributed by atoms with E-state index in [0.717, 1.165) is 11.1 Å². The highest BCUT2D eigenvalue weighted by Gasteiger charge is 2.30. The molecule has 9 nitrogen and oxygen atoms in total. The highest BCUT2D eigenvalue weighted by atomic mass is 32.2. The third-order valence-corrected chi connectivity index (χ3v) is 11.2. The molecule has 0 aliphatic carbocycles. The van der Waals surface area contributed by atoms with Gasteiger partial charge in [-0.05, 0) is 68.3 Å². The van der Waals surface area contributed by atoms with E-state index in [1.54, 1.807) is 30.3 Å². The largest absolute Gasteiger partial charge is 0.493 e. The summed E-state index contributed by atoms with van der Waals surface area (Å²) in [6, 6.07) is 21.3. The smallest absolute Gasteiger partial charge is 0.243 e. The molecule has 0 N–H and O–H groups in total. The molecule has 0 unspecified atom stereocenters. The second kappa shape index (κ2) is 14.5. The topological polar surface area (TPSA) is 96.5 Å². The Morgan fingerprint density at radius 2 is 1.23 bits per heavy atom. The van der Waals surface area contributed by atoms with E-state index in [2.05, 4.69) is 23.6 Å². The van der Waals surface area contributed by atoms with Crippen molar-refractivity contribution in [3.63, 3.8) is 0 Å². The fraction of sp³-hybridized carbons (Fsp3) is 0.375. The normalized spacial score (nSPS) is 17.1. The Bertz CT molecular complexity index is 1590. The van der Waals surface area contributed by atoms with Crippen LogP contribution in [0.4, 0.5) is 0 Å². The first kappa shape index (κ1) is 32.7. The van der Waals surface area contributed by atoms with E-state index in [0.29, 0.717) is 49.5 Å². The Morgan fingerprint density at radius 1 is 0.698 bits per heavy atom. The van der Waals surface area contributed by atoms with Crippen LogP contribution in [0, 0.1) is 6.92 Å². The number of methoxy groups -OCH3 is 2. The predicted molar refractivity (Wildman–Crippen MR) is 168 cm³/mol. The SMILES string of the molecule is C=C1CN(S(=O)(=O)c2ccc(C)cc2)CCCN(Cc2ccccc2)CCCN(S(=O)(=O)c2ccc(OC)c(OC)c2)C1. The van der Waals surface area contributed by atoms with Crippen molar-refractivity contribution >= 4 is 20.0 Å². The average Bonchev–Trinajstić information content (AvgIpc) is 2.99. The lowest BCUT2D eigenvalue weighted by Gasteiger charge is -2.30. The number of hydrogen-bond acceptors (Lipinski definition) is 7. The molecule has 3 aromatic carbocycles. The zero-order chi connectivity index (χ0) is 31.0. The van der Waals surface area contributed by atoms with Crippen molar-refractivity contribution in [2.75, 3.05) is 53.5 Å². The molecule has 1 aliphatic rings. The molecule has 0 spiro atoms. The summed E-state index contributed by atoms with van der Waals surface area (Å²) in [6.45, 7) is 8.53. The summed E-state index contributed by atoms with van der Waals surface area (Å²) >= 11 is 0. The van der Waals surface area contributed by atoms with E-state index in [9.17, 15) is 16.8 Å². The van der Waals surface area contributed by atoms with Crippen LogP contribution >= 0.6 is 0 Å². The molecule has 4 rings (SSSR count). The Kier molecular flexibility index (Phi) is 11.0. The summed E-state index contributed by atoms with van der Waals surface area (Å²) in [6.07, 6.45) is 1.22. The van der Waals surface area contributed by atoms with Crippen molar-refractivity contribution in [3.05, 3.63) is 96.1 Å². The third-order valence-electron chi connectivity index (χ3n) is 7.46. The minimum atomic E-state index is -3.98. The van der Waals surface area contributed by atoms with Gasteiger partial charge in [-0.3, -0.25) is 4.90 Å². The van der Waals surface area contributed by atoms with E-state index in [-0.39, 0.29) is 36.0 Å². The van der Waals surface area contributed by atoms with Crippen molar-refractivity contribution in [1.82, 2.24) is 13.5 Å². The van der Waals surface area contributed by atoms with Gasteiger partial charge in [0.05, 0.1) is 24.0 Å². The Labute approximate surface area is 256 Å². The highest BCUT2D eigenvalue weighted by molar-refractivity contribution is 7.89.